The van der Waals surface area contributed by atoms with Gasteiger partial charge in [0.2, 0.25) is 5.91 Å². The summed E-state index contributed by atoms with van der Waals surface area (Å²) in [4.78, 5) is 25.8. The molecule has 0 aromatic carbocycles. The van der Waals surface area contributed by atoms with Gasteiger partial charge in [-0.1, -0.05) is 13.8 Å². The summed E-state index contributed by atoms with van der Waals surface area (Å²) in [5, 5.41) is 9.35. The second-order valence-electron chi connectivity index (χ2n) is 5.51. The van der Waals surface area contributed by atoms with Gasteiger partial charge < -0.3 is 14.7 Å². The number of carbonyl (C=O) groups excluding carboxylic acids is 1. The van der Waals surface area contributed by atoms with E-state index in [4.69, 9.17) is 4.74 Å². The van der Waals surface area contributed by atoms with Gasteiger partial charge in [-0.3, -0.25) is 9.59 Å². The summed E-state index contributed by atoms with van der Waals surface area (Å²) < 4.78 is 5.66. The van der Waals surface area contributed by atoms with E-state index in [0.29, 0.717) is 13.1 Å². The van der Waals surface area contributed by atoms with Gasteiger partial charge in [-0.15, -0.1) is 0 Å². The minimum atomic E-state index is -0.890. The molecular weight excluding hydrogens is 246 g/mol. The summed E-state index contributed by atoms with van der Waals surface area (Å²) in [7, 11) is 0. The number of rotatable bonds is 6. The first kappa shape index (κ1) is 14.3. The zero-order valence-electron chi connectivity index (χ0n) is 11.7. The lowest BCUT2D eigenvalue weighted by Crippen LogP contribution is -2.46. The normalized spacial score (nSPS) is 32.5. The van der Waals surface area contributed by atoms with Crippen molar-refractivity contribution in [2.75, 3.05) is 13.1 Å². The molecule has 5 heteroatoms. The van der Waals surface area contributed by atoms with Gasteiger partial charge in [-0.2, -0.15) is 0 Å². The van der Waals surface area contributed by atoms with E-state index in [-0.39, 0.29) is 18.1 Å². The van der Waals surface area contributed by atoms with E-state index in [1.54, 1.807) is 0 Å². The molecule has 4 atom stereocenters. The zero-order valence-corrected chi connectivity index (χ0v) is 11.7. The molecule has 19 heavy (non-hydrogen) atoms. The minimum absolute atomic E-state index is 0.0247. The Kier molecular flexibility index (Phi) is 4.45. The third-order valence-corrected chi connectivity index (χ3v) is 4.14. The van der Waals surface area contributed by atoms with Crippen molar-refractivity contribution in [2.45, 2.75) is 51.7 Å². The highest BCUT2D eigenvalue weighted by Gasteiger charge is 2.56. The molecule has 2 bridgehead atoms. The predicted octanol–water partition coefficient (Wildman–Crippen LogP) is 1.51. The van der Waals surface area contributed by atoms with Gasteiger partial charge in [-0.25, -0.2) is 0 Å². The number of aliphatic carboxylic acids is 1. The van der Waals surface area contributed by atoms with E-state index in [9.17, 15) is 14.7 Å². The highest BCUT2D eigenvalue weighted by Crippen LogP contribution is 2.44. The van der Waals surface area contributed by atoms with Crippen molar-refractivity contribution in [3.05, 3.63) is 0 Å². The summed E-state index contributed by atoms with van der Waals surface area (Å²) in [6.45, 7) is 5.46. The Bertz CT molecular complexity index is 351. The molecule has 1 N–H and O–H groups in total. The molecule has 2 fully saturated rings. The maximum absolute atomic E-state index is 12.6. The Balaban J connectivity index is 2.13. The number of fused-ring (bicyclic) bond motifs is 2. The van der Waals surface area contributed by atoms with Crippen LogP contribution < -0.4 is 0 Å². The number of amides is 1. The average Bonchev–Trinajstić information content (AvgIpc) is 2.97. The lowest BCUT2D eigenvalue weighted by Gasteiger charge is -2.30. The van der Waals surface area contributed by atoms with Crippen LogP contribution in [0, 0.1) is 11.8 Å². The highest BCUT2D eigenvalue weighted by molar-refractivity contribution is 5.86. The topological polar surface area (TPSA) is 66.8 Å². The van der Waals surface area contributed by atoms with Gasteiger partial charge in [0.1, 0.15) is 0 Å². The molecule has 2 aliphatic rings. The Morgan fingerprint density at radius 1 is 1.11 bits per heavy atom. The van der Waals surface area contributed by atoms with Crippen LogP contribution in [0.15, 0.2) is 0 Å². The number of hydrogen-bond donors (Lipinski definition) is 1. The van der Waals surface area contributed by atoms with Crippen molar-refractivity contribution in [2.24, 2.45) is 11.8 Å². The summed E-state index contributed by atoms with van der Waals surface area (Å²) in [6, 6.07) is 0. The molecule has 0 aromatic heterocycles. The molecular formula is C14H23NO4. The number of carboxylic acids is 1. The number of carboxylic acid groups (broad SMARTS) is 1. The lowest BCUT2D eigenvalue weighted by atomic mass is 9.78. The molecule has 2 rings (SSSR count). The molecule has 0 spiro atoms. The van der Waals surface area contributed by atoms with Crippen LogP contribution in [-0.4, -0.2) is 47.2 Å². The minimum Gasteiger partial charge on any atom is -0.481 e. The molecule has 5 nitrogen and oxygen atoms in total. The van der Waals surface area contributed by atoms with Crippen LogP contribution >= 0.6 is 0 Å². The highest BCUT2D eigenvalue weighted by atomic mass is 16.5. The van der Waals surface area contributed by atoms with E-state index in [1.807, 2.05) is 18.7 Å². The Morgan fingerprint density at radius 3 is 2.11 bits per heavy atom. The van der Waals surface area contributed by atoms with Crippen molar-refractivity contribution in [3.63, 3.8) is 0 Å². The van der Waals surface area contributed by atoms with Crippen LogP contribution in [0.1, 0.15) is 39.5 Å². The maximum Gasteiger partial charge on any atom is 0.310 e. The van der Waals surface area contributed by atoms with Crippen LogP contribution in [0.2, 0.25) is 0 Å². The van der Waals surface area contributed by atoms with Crippen LogP contribution in [0.25, 0.3) is 0 Å². The van der Waals surface area contributed by atoms with Crippen LogP contribution in [0.5, 0.6) is 0 Å². The molecule has 108 valence electrons. The zero-order chi connectivity index (χ0) is 14.0. The van der Waals surface area contributed by atoms with Gasteiger partial charge in [0.05, 0.1) is 24.0 Å². The smallest absolute Gasteiger partial charge is 0.310 e. The molecule has 0 saturated carbocycles. The van der Waals surface area contributed by atoms with Crippen LogP contribution in [0.3, 0.4) is 0 Å². The lowest BCUT2D eigenvalue weighted by molar-refractivity contribution is -0.150. The molecule has 0 radical (unpaired) electrons. The molecule has 1 amide bonds. The molecule has 2 heterocycles. The third-order valence-electron chi connectivity index (χ3n) is 4.14. The third kappa shape index (κ3) is 2.61. The number of nitrogens with zero attached hydrogens (tertiary/aromatic N) is 1. The number of ether oxygens (including phenoxy) is 1. The summed E-state index contributed by atoms with van der Waals surface area (Å²) in [6.07, 6.45) is 2.93. The monoisotopic (exact) mass is 269 g/mol. The first-order chi connectivity index (χ1) is 9.10. The van der Waals surface area contributed by atoms with Gasteiger partial charge in [0.25, 0.3) is 0 Å². The second-order valence-corrected chi connectivity index (χ2v) is 5.51. The first-order valence-electron chi connectivity index (χ1n) is 7.27. The van der Waals surface area contributed by atoms with E-state index >= 15 is 0 Å². The molecule has 0 unspecified atom stereocenters. The Labute approximate surface area is 113 Å². The second kappa shape index (κ2) is 5.90. The van der Waals surface area contributed by atoms with Gasteiger partial charge in [0, 0.05) is 13.1 Å². The quantitative estimate of drug-likeness (QED) is 0.793. The summed E-state index contributed by atoms with van der Waals surface area (Å²) in [5.41, 5.74) is 0. The maximum atomic E-state index is 12.6. The van der Waals surface area contributed by atoms with Crippen molar-refractivity contribution >= 4 is 11.9 Å². The first-order valence-corrected chi connectivity index (χ1v) is 7.27. The van der Waals surface area contributed by atoms with E-state index in [2.05, 4.69) is 0 Å². The molecule has 0 aromatic rings. The Hall–Kier alpha value is -1.10. The molecule has 2 saturated heterocycles. The Morgan fingerprint density at radius 2 is 1.63 bits per heavy atom. The molecule has 2 aliphatic heterocycles. The fourth-order valence-corrected chi connectivity index (χ4v) is 3.39. The number of carbonyl (C=O) groups is 2. The van der Waals surface area contributed by atoms with Crippen LogP contribution in [0.4, 0.5) is 0 Å². The average molecular weight is 269 g/mol. The fourth-order valence-electron chi connectivity index (χ4n) is 3.39. The van der Waals surface area contributed by atoms with Gasteiger partial charge in [-0.05, 0) is 25.7 Å². The van der Waals surface area contributed by atoms with Crippen molar-refractivity contribution < 1.29 is 19.4 Å². The standard InChI is InChI=1S/C14H23NO4/c1-3-7-15(8-4-2)13(16)11-9-5-6-10(19-9)12(11)14(17)18/h9-12H,3-8H2,1-2H3,(H,17,18)/t9-,10+,11-,12+/m1/s1. The van der Waals surface area contributed by atoms with Gasteiger partial charge in [0.15, 0.2) is 0 Å². The van der Waals surface area contributed by atoms with E-state index < -0.39 is 17.8 Å². The summed E-state index contributed by atoms with van der Waals surface area (Å²) >= 11 is 0. The number of hydrogen-bond acceptors (Lipinski definition) is 3. The molecule has 0 aliphatic carbocycles. The van der Waals surface area contributed by atoms with E-state index in [1.165, 1.54) is 0 Å². The van der Waals surface area contributed by atoms with E-state index in [0.717, 1.165) is 25.7 Å². The summed E-state index contributed by atoms with van der Waals surface area (Å²) in [5.74, 6) is -2.04. The van der Waals surface area contributed by atoms with Crippen molar-refractivity contribution in [3.8, 4) is 0 Å². The fraction of sp³-hybridized carbons (Fsp3) is 0.857. The van der Waals surface area contributed by atoms with Gasteiger partial charge >= 0.3 is 5.97 Å². The van der Waals surface area contributed by atoms with Crippen molar-refractivity contribution in [1.29, 1.82) is 0 Å². The SMILES string of the molecule is CCCN(CCC)C(=O)[C@H]1[C@@H](C(=O)O)[C@@H]2CC[C@H]1O2. The predicted molar refractivity (Wildman–Crippen MR) is 69.7 cm³/mol. The largest absolute Gasteiger partial charge is 0.481 e. The van der Waals surface area contributed by atoms with Crippen molar-refractivity contribution in [1.82, 2.24) is 4.90 Å². The van der Waals surface area contributed by atoms with Crippen LogP contribution in [-0.2, 0) is 14.3 Å².